The number of fused-ring (bicyclic) bond motifs is 1. The highest BCUT2D eigenvalue weighted by Crippen LogP contribution is 2.31. The number of nitrogens with two attached hydrogens (primary N) is 1. The first-order valence-corrected chi connectivity index (χ1v) is 14.7. The Hall–Kier alpha value is -3.80. The molecule has 1 fully saturated rings. The van der Waals surface area contributed by atoms with Gasteiger partial charge in [0, 0.05) is 66.0 Å². The van der Waals surface area contributed by atoms with E-state index >= 15 is 0 Å². The quantitative estimate of drug-likeness (QED) is 0.318. The van der Waals surface area contributed by atoms with E-state index in [2.05, 4.69) is 31.7 Å². The Kier molecular flexibility index (Phi) is 9.83. The first-order valence-electron chi connectivity index (χ1n) is 14.3. The molecule has 0 unspecified atom stereocenters. The number of hydrogen-bond acceptors (Lipinski definition) is 9. The van der Waals surface area contributed by atoms with Crippen LogP contribution in [0.4, 0.5) is 5.95 Å². The van der Waals surface area contributed by atoms with Crippen molar-refractivity contribution in [1.82, 2.24) is 19.9 Å². The summed E-state index contributed by atoms with van der Waals surface area (Å²) >= 11 is 6.79. The number of carbonyl (C=O) groups is 1. The van der Waals surface area contributed by atoms with Crippen molar-refractivity contribution in [1.29, 1.82) is 0 Å². The van der Waals surface area contributed by atoms with Crippen LogP contribution in [0.25, 0.3) is 27.9 Å². The Morgan fingerprint density at radius 2 is 2.02 bits per heavy atom. The molecule has 0 saturated carbocycles. The summed E-state index contributed by atoms with van der Waals surface area (Å²) in [5.41, 5.74) is 8.02. The maximum absolute atomic E-state index is 14.0. The number of benzene rings is 1. The van der Waals surface area contributed by atoms with E-state index in [1.807, 2.05) is 13.0 Å². The molecule has 2 aromatic heterocycles. The summed E-state index contributed by atoms with van der Waals surface area (Å²) in [4.78, 5) is 40.6. The lowest BCUT2D eigenvalue weighted by Gasteiger charge is -2.23. The van der Waals surface area contributed by atoms with Gasteiger partial charge in [0.1, 0.15) is 12.2 Å². The zero-order valence-corrected chi connectivity index (χ0v) is 24.5. The minimum atomic E-state index is -0.380. The molecule has 0 spiro atoms. The molecule has 1 aromatic carbocycles. The molecular weight excluding hydrogens is 558 g/mol. The van der Waals surface area contributed by atoms with Crippen molar-refractivity contribution in [3.8, 4) is 11.1 Å². The maximum Gasteiger partial charge on any atom is 0.260 e. The van der Waals surface area contributed by atoms with Gasteiger partial charge in [-0.2, -0.15) is 4.98 Å². The van der Waals surface area contributed by atoms with Gasteiger partial charge in [0.2, 0.25) is 11.9 Å². The third kappa shape index (κ3) is 7.15. The predicted octanol–water partition coefficient (Wildman–Crippen LogP) is 3.74. The van der Waals surface area contributed by atoms with E-state index in [1.54, 1.807) is 24.4 Å². The summed E-state index contributed by atoms with van der Waals surface area (Å²) < 4.78 is 12.4. The summed E-state index contributed by atoms with van der Waals surface area (Å²) in [5, 5.41) is 7.16. The van der Waals surface area contributed by atoms with Crippen LogP contribution < -0.4 is 21.9 Å². The lowest BCUT2D eigenvalue weighted by atomic mass is 10.0. The average molecular weight is 594 g/mol. The highest BCUT2D eigenvalue weighted by molar-refractivity contribution is 6.33. The van der Waals surface area contributed by atoms with Gasteiger partial charge in [-0.15, -0.1) is 0 Å². The molecule has 0 bridgehead atoms. The normalized spacial score (nSPS) is 16.2. The second-order valence-electron chi connectivity index (χ2n) is 10.4. The van der Waals surface area contributed by atoms with E-state index in [-0.39, 0.29) is 24.1 Å². The molecule has 222 valence electrons. The Balaban J connectivity index is 1.54. The fourth-order valence-electron chi connectivity index (χ4n) is 4.99. The van der Waals surface area contributed by atoms with Gasteiger partial charge in [0.05, 0.1) is 12.3 Å². The van der Waals surface area contributed by atoms with Gasteiger partial charge in [-0.1, -0.05) is 29.8 Å². The van der Waals surface area contributed by atoms with E-state index in [0.717, 1.165) is 36.9 Å². The molecule has 2 aliphatic rings. The van der Waals surface area contributed by atoms with E-state index in [0.29, 0.717) is 78.4 Å². The Labute approximate surface area is 249 Å². The minimum Gasteiger partial charge on any atom is -0.481 e. The molecule has 0 atom stereocenters. The van der Waals surface area contributed by atoms with Gasteiger partial charge in [-0.25, -0.2) is 9.98 Å². The molecule has 4 N–H and O–H groups in total. The third-order valence-corrected chi connectivity index (χ3v) is 7.53. The molecule has 0 aliphatic carbocycles. The van der Waals surface area contributed by atoms with Gasteiger partial charge in [0.15, 0.2) is 5.90 Å². The molecule has 0 radical (unpaired) electrons. The second kappa shape index (κ2) is 13.9. The SMILES string of the molecule is CC1=NC(c2ccc(-c3cc4cnc(NC5CCOCC5)nc4n(CC(=O)NCCCN)c3=O)c(Cl)c2)=CCCCO1. The van der Waals surface area contributed by atoms with Crippen molar-refractivity contribution >= 4 is 46.1 Å². The summed E-state index contributed by atoms with van der Waals surface area (Å²) in [6.45, 7) is 4.45. The Bertz CT molecular complexity index is 1560. The number of halogens is 1. The van der Waals surface area contributed by atoms with Crippen molar-refractivity contribution in [3.05, 3.63) is 57.5 Å². The molecule has 1 amide bonds. The molecule has 4 heterocycles. The highest BCUT2D eigenvalue weighted by Gasteiger charge is 2.20. The molecule has 12 heteroatoms. The van der Waals surface area contributed by atoms with Crippen LogP contribution in [0.5, 0.6) is 0 Å². The number of carbonyl (C=O) groups excluding carboxylic acids is 1. The number of nitrogens with zero attached hydrogens (tertiary/aromatic N) is 4. The molecular formula is C30H36ClN7O4. The Morgan fingerprint density at radius 3 is 2.81 bits per heavy atom. The van der Waals surface area contributed by atoms with Crippen molar-refractivity contribution in [2.75, 3.05) is 38.2 Å². The van der Waals surface area contributed by atoms with Gasteiger partial charge < -0.3 is 25.8 Å². The first kappa shape index (κ1) is 29.7. The predicted molar refractivity (Wildman–Crippen MR) is 165 cm³/mol. The average Bonchev–Trinajstić information content (AvgIpc) is 2.97. The number of aliphatic imine (C=N–C) groups is 1. The summed E-state index contributed by atoms with van der Waals surface area (Å²) in [6.07, 6.45) is 7.76. The van der Waals surface area contributed by atoms with Crippen molar-refractivity contribution < 1.29 is 14.3 Å². The number of rotatable bonds is 9. The summed E-state index contributed by atoms with van der Waals surface area (Å²) in [5.74, 6) is 0.678. The van der Waals surface area contributed by atoms with Crippen molar-refractivity contribution in [3.63, 3.8) is 0 Å². The largest absolute Gasteiger partial charge is 0.481 e. The van der Waals surface area contributed by atoms with Crippen molar-refractivity contribution in [2.24, 2.45) is 10.7 Å². The zero-order chi connectivity index (χ0) is 29.5. The van der Waals surface area contributed by atoms with Crippen LogP contribution in [-0.4, -0.2) is 65.3 Å². The monoisotopic (exact) mass is 593 g/mol. The molecule has 42 heavy (non-hydrogen) atoms. The zero-order valence-electron chi connectivity index (χ0n) is 23.7. The standard InChI is InChI=1S/C30H36ClN7O4/c1-19-35-26(5-2-3-12-42-19)20-6-7-23(25(31)16-20)24-15-21-17-34-30(36-22-8-13-41-14-9-22)37-28(21)38(29(24)40)18-27(39)33-11-4-10-32/h5-7,15-17,22H,2-4,8-14,18,32H2,1H3,(H,33,39)(H,34,36,37). The summed E-state index contributed by atoms with van der Waals surface area (Å²) in [6, 6.07) is 7.38. The highest BCUT2D eigenvalue weighted by atomic mass is 35.5. The fourth-order valence-corrected chi connectivity index (χ4v) is 5.27. The van der Waals surface area contributed by atoms with Crippen LogP contribution in [0.1, 0.15) is 44.6 Å². The van der Waals surface area contributed by atoms with Gasteiger partial charge in [-0.3, -0.25) is 14.2 Å². The molecule has 3 aromatic rings. The molecule has 2 aliphatic heterocycles. The Morgan fingerprint density at radius 1 is 1.19 bits per heavy atom. The van der Waals surface area contributed by atoms with Crippen LogP contribution in [0.3, 0.4) is 0 Å². The topological polar surface area (TPSA) is 146 Å². The maximum atomic E-state index is 14.0. The van der Waals surface area contributed by atoms with Gasteiger partial charge >= 0.3 is 0 Å². The number of hydrogen-bond donors (Lipinski definition) is 3. The van der Waals surface area contributed by atoms with Crippen LogP contribution >= 0.6 is 11.6 Å². The van der Waals surface area contributed by atoms with E-state index in [9.17, 15) is 9.59 Å². The van der Waals surface area contributed by atoms with Crippen LogP contribution in [0, 0.1) is 0 Å². The van der Waals surface area contributed by atoms with Gasteiger partial charge in [0.25, 0.3) is 5.56 Å². The number of aromatic nitrogens is 3. The van der Waals surface area contributed by atoms with E-state index in [4.69, 9.17) is 26.8 Å². The lowest BCUT2D eigenvalue weighted by molar-refractivity contribution is -0.121. The van der Waals surface area contributed by atoms with Crippen molar-refractivity contribution in [2.45, 2.75) is 51.6 Å². The van der Waals surface area contributed by atoms with E-state index in [1.165, 1.54) is 4.57 Å². The van der Waals surface area contributed by atoms with Crippen LogP contribution in [0.2, 0.25) is 5.02 Å². The number of anilines is 1. The smallest absolute Gasteiger partial charge is 0.260 e. The lowest BCUT2D eigenvalue weighted by Crippen LogP contribution is -2.34. The number of ether oxygens (including phenoxy) is 2. The number of nitrogens with one attached hydrogen (secondary N) is 2. The first-order chi connectivity index (χ1) is 20.4. The molecule has 11 nitrogen and oxygen atoms in total. The number of pyridine rings is 1. The summed E-state index contributed by atoms with van der Waals surface area (Å²) in [7, 11) is 0. The van der Waals surface area contributed by atoms with Gasteiger partial charge in [-0.05, 0) is 50.8 Å². The number of allylic oxidation sites excluding steroid dienone is 1. The molecule has 5 rings (SSSR count). The minimum absolute atomic E-state index is 0.167. The van der Waals surface area contributed by atoms with Crippen LogP contribution in [0.15, 0.2) is 46.3 Å². The fraction of sp³-hybridized carbons (Fsp3) is 0.433. The second-order valence-corrected chi connectivity index (χ2v) is 10.8. The number of amides is 1. The van der Waals surface area contributed by atoms with Crippen LogP contribution in [-0.2, 0) is 20.8 Å². The third-order valence-electron chi connectivity index (χ3n) is 7.22. The molecule has 1 saturated heterocycles. The van der Waals surface area contributed by atoms with E-state index < -0.39 is 0 Å².